The second-order valence-corrected chi connectivity index (χ2v) is 3.62. The Labute approximate surface area is 90.9 Å². The fourth-order valence-corrected chi connectivity index (χ4v) is 1.61. The molecule has 0 saturated heterocycles. The molecule has 1 aromatic carbocycles. The van der Waals surface area contributed by atoms with Gasteiger partial charge in [0.2, 0.25) is 0 Å². The van der Waals surface area contributed by atoms with Gasteiger partial charge in [-0.05, 0) is 12.5 Å². The molecular weight excluding hydrogens is 184 g/mol. The minimum Gasteiger partial charge on any atom is -0.370 e. The van der Waals surface area contributed by atoms with E-state index >= 15 is 0 Å². The predicted molar refractivity (Wildman–Crippen MR) is 62.9 cm³/mol. The summed E-state index contributed by atoms with van der Waals surface area (Å²) in [6.07, 6.45) is 6.06. The smallest absolute Gasteiger partial charge is 0.0833 e. The molecule has 1 aliphatic heterocycles. The third-order valence-corrected chi connectivity index (χ3v) is 2.46. The molecule has 77 valence electrons. The molecule has 2 rings (SSSR count). The van der Waals surface area contributed by atoms with Crippen molar-refractivity contribution in [1.29, 1.82) is 0 Å². The van der Waals surface area contributed by atoms with Gasteiger partial charge < -0.3 is 4.90 Å². The summed E-state index contributed by atoms with van der Waals surface area (Å²) >= 11 is 0. The lowest BCUT2D eigenvalue weighted by Gasteiger charge is -2.19. The lowest BCUT2D eigenvalue weighted by Crippen LogP contribution is -2.22. The molecule has 0 spiro atoms. The van der Waals surface area contributed by atoms with Crippen molar-refractivity contribution < 1.29 is 0 Å². The van der Waals surface area contributed by atoms with Crippen LogP contribution in [0.3, 0.4) is 0 Å². The third-order valence-electron chi connectivity index (χ3n) is 2.46. The van der Waals surface area contributed by atoms with Crippen molar-refractivity contribution in [2.24, 2.45) is 4.99 Å². The van der Waals surface area contributed by atoms with Crippen LogP contribution in [-0.2, 0) is 6.42 Å². The van der Waals surface area contributed by atoms with E-state index in [9.17, 15) is 0 Å². The van der Waals surface area contributed by atoms with Gasteiger partial charge in [-0.2, -0.15) is 0 Å². The Hall–Kier alpha value is -1.57. The van der Waals surface area contributed by atoms with E-state index in [2.05, 4.69) is 53.5 Å². The second-order valence-electron chi connectivity index (χ2n) is 3.62. The summed E-state index contributed by atoms with van der Waals surface area (Å²) in [6.45, 7) is 3.97. The first-order valence-corrected chi connectivity index (χ1v) is 5.30. The molecule has 1 aromatic rings. The Kier molecular flexibility index (Phi) is 3.18. The SMILES string of the molecule is CCN1C=C(Cc2ccccc2)N=[C]C1. The molecular formula is C13H15N2. The summed E-state index contributed by atoms with van der Waals surface area (Å²) in [7, 11) is 0. The Balaban J connectivity index is 2.06. The van der Waals surface area contributed by atoms with E-state index in [1.807, 2.05) is 6.07 Å². The maximum atomic E-state index is 4.29. The first kappa shape index (κ1) is 9.97. The van der Waals surface area contributed by atoms with Gasteiger partial charge in [-0.1, -0.05) is 30.3 Å². The molecule has 0 unspecified atom stereocenters. The minimum atomic E-state index is 0.814. The molecule has 0 fully saturated rings. The van der Waals surface area contributed by atoms with E-state index in [4.69, 9.17) is 0 Å². The average Bonchev–Trinajstić information content (AvgIpc) is 2.31. The van der Waals surface area contributed by atoms with Crippen LogP contribution in [0.2, 0.25) is 0 Å². The first-order valence-electron chi connectivity index (χ1n) is 5.30. The normalized spacial score (nSPS) is 15.3. The summed E-state index contributed by atoms with van der Waals surface area (Å²) < 4.78 is 0. The molecule has 15 heavy (non-hydrogen) atoms. The number of nitrogens with zero attached hydrogens (tertiary/aromatic N) is 2. The van der Waals surface area contributed by atoms with E-state index in [-0.39, 0.29) is 0 Å². The van der Waals surface area contributed by atoms with Crippen LogP contribution in [-0.4, -0.2) is 24.2 Å². The molecule has 0 N–H and O–H groups in total. The standard InChI is InChI=1S/C13H15N2/c1-2-15-9-8-14-13(11-15)10-12-6-4-3-5-7-12/h3-7,11H,2,9-10H2,1H3. The van der Waals surface area contributed by atoms with Crippen LogP contribution in [0.15, 0.2) is 47.2 Å². The monoisotopic (exact) mass is 199 g/mol. The van der Waals surface area contributed by atoms with Gasteiger partial charge in [-0.15, -0.1) is 0 Å². The molecule has 0 atom stereocenters. The molecule has 2 heteroatoms. The van der Waals surface area contributed by atoms with Gasteiger partial charge in [-0.3, -0.25) is 4.99 Å². The zero-order valence-corrected chi connectivity index (χ0v) is 8.98. The highest BCUT2D eigenvalue weighted by atomic mass is 15.1. The quantitative estimate of drug-likeness (QED) is 0.729. The highest BCUT2D eigenvalue weighted by Gasteiger charge is 2.05. The Morgan fingerprint density at radius 2 is 2.13 bits per heavy atom. The van der Waals surface area contributed by atoms with Gasteiger partial charge in [-0.25, -0.2) is 0 Å². The molecule has 0 bridgehead atoms. The zero-order chi connectivity index (χ0) is 10.5. The number of rotatable bonds is 3. The Morgan fingerprint density at radius 1 is 1.33 bits per heavy atom. The lowest BCUT2D eigenvalue weighted by molar-refractivity contribution is 0.444. The molecule has 0 aromatic heterocycles. The van der Waals surface area contributed by atoms with Crippen molar-refractivity contribution >= 4 is 6.21 Å². The number of benzene rings is 1. The van der Waals surface area contributed by atoms with Crippen LogP contribution in [0.5, 0.6) is 0 Å². The van der Waals surface area contributed by atoms with E-state index < -0.39 is 0 Å². The van der Waals surface area contributed by atoms with Crippen molar-refractivity contribution in [3.8, 4) is 0 Å². The lowest BCUT2D eigenvalue weighted by atomic mass is 10.1. The molecule has 0 amide bonds. The molecule has 1 heterocycles. The third kappa shape index (κ3) is 2.69. The van der Waals surface area contributed by atoms with Crippen LogP contribution in [0.4, 0.5) is 0 Å². The first-order chi connectivity index (χ1) is 7.38. The number of aliphatic imine (C=N–C) groups is 1. The fraction of sp³-hybridized carbons (Fsp3) is 0.308. The highest BCUT2D eigenvalue weighted by molar-refractivity contribution is 5.63. The van der Waals surface area contributed by atoms with Crippen molar-refractivity contribution in [3.05, 3.63) is 47.8 Å². The van der Waals surface area contributed by atoms with Crippen molar-refractivity contribution in [2.75, 3.05) is 13.1 Å². The zero-order valence-electron chi connectivity index (χ0n) is 8.98. The van der Waals surface area contributed by atoms with Gasteiger partial charge in [0.15, 0.2) is 0 Å². The molecule has 0 saturated carbocycles. The summed E-state index contributed by atoms with van der Waals surface area (Å²) in [6, 6.07) is 10.4. The summed E-state index contributed by atoms with van der Waals surface area (Å²) in [5.41, 5.74) is 2.39. The Morgan fingerprint density at radius 3 is 2.87 bits per heavy atom. The summed E-state index contributed by atoms with van der Waals surface area (Å²) in [4.78, 5) is 6.51. The van der Waals surface area contributed by atoms with Crippen molar-refractivity contribution in [3.63, 3.8) is 0 Å². The van der Waals surface area contributed by atoms with Crippen LogP contribution >= 0.6 is 0 Å². The van der Waals surface area contributed by atoms with Crippen LogP contribution in [0.1, 0.15) is 12.5 Å². The van der Waals surface area contributed by atoms with Gasteiger partial charge >= 0.3 is 0 Å². The maximum Gasteiger partial charge on any atom is 0.0833 e. The Bertz CT molecular complexity index is 365. The van der Waals surface area contributed by atoms with Gasteiger partial charge in [0.25, 0.3) is 0 Å². The van der Waals surface area contributed by atoms with E-state index in [1.165, 1.54) is 5.56 Å². The van der Waals surface area contributed by atoms with Crippen LogP contribution in [0.25, 0.3) is 0 Å². The average molecular weight is 199 g/mol. The summed E-state index contributed by atoms with van der Waals surface area (Å²) in [5, 5.41) is 0. The van der Waals surface area contributed by atoms with E-state index in [1.54, 1.807) is 0 Å². The number of hydrogen-bond donors (Lipinski definition) is 0. The number of allylic oxidation sites excluding steroid dienone is 1. The minimum absolute atomic E-state index is 0.814. The largest absolute Gasteiger partial charge is 0.370 e. The fourth-order valence-electron chi connectivity index (χ4n) is 1.61. The van der Waals surface area contributed by atoms with Gasteiger partial charge in [0.1, 0.15) is 0 Å². The van der Waals surface area contributed by atoms with Crippen molar-refractivity contribution in [2.45, 2.75) is 13.3 Å². The summed E-state index contributed by atoms with van der Waals surface area (Å²) in [5.74, 6) is 0. The molecule has 1 aliphatic rings. The van der Waals surface area contributed by atoms with Gasteiger partial charge in [0, 0.05) is 19.2 Å². The van der Waals surface area contributed by atoms with E-state index in [0.717, 1.165) is 25.2 Å². The highest BCUT2D eigenvalue weighted by Crippen LogP contribution is 2.12. The molecule has 2 nitrogen and oxygen atoms in total. The second kappa shape index (κ2) is 4.78. The van der Waals surface area contributed by atoms with E-state index in [0.29, 0.717) is 0 Å². The topological polar surface area (TPSA) is 15.6 Å². The molecule has 1 radical (unpaired) electrons. The maximum absolute atomic E-state index is 4.29. The van der Waals surface area contributed by atoms with Gasteiger partial charge in [0.05, 0.1) is 18.5 Å². The number of hydrogen-bond acceptors (Lipinski definition) is 2. The van der Waals surface area contributed by atoms with Crippen LogP contribution < -0.4 is 0 Å². The van der Waals surface area contributed by atoms with Crippen molar-refractivity contribution in [1.82, 2.24) is 4.90 Å². The van der Waals surface area contributed by atoms with Crippen LogP contribution in [0, 0.1) is 0 Å². The predicted octanol–water partition coefficient (Wildman–Crippen LogP) is 2.35. The molecule has 0 aliphatic carbocycles.